The molecular weight excluding hydrogens is 374 g/mol. The molecule has 2 aliphatic heterocycles. The Hall–Kier alpha value is -2.15. The topological polar surface area (TPSA) is 78.5 Å². The molecule has 3 rings (SSSR count). The van der Waals surface area contributed by atoms with Crippen LogP contribution in [0.5, 0.6) is 0 Å². The molecule has 0 aliphatic carbocycles. The first-order chi connectivity index (χ1) is 11.5. The summed E-state index contributed by atoms with van der Waals surface area (Å²) in [4.78, 5) is 37.7. The largest absolute Gasteiger partial charge is 0.352 e. The van der Waals surface area contributed by atoms with Crippen molar-refractivity contribution < 1.29 is 14.4 Å². The van der Waals surface area contributed by atoms with E-state index in [1.54, 1.807) is 4.90 Å². The minimum atomic E-state index is -0.657. The summed E-state index contributed by atoms with van der Waals surface area (Å²) < 4.78 is 0.905. The molecule has 2 aliphatic rings. The van der Waals surface area contributed by atoms with Crippen molar-refractivity contribution in [3.8, 4) is 0 Å². The van der Waals surface area contributed by atoms with Crippen LogP contribution in [0.25, 0.3) is 0 Å². The first-order valence-electron chi connectivity index (χ1n) is 7.76. The molecule has 1 unspecified atom stereocenters. The predicted molar refractivity (Wildman–Crippen MR) is 93.5 cm³/mol. The average molecular weight is 392 g/mol. The second kappa shape index (κ2) is 6.39. The van der Waals surface area contributed by atoms with Crippen LogP contribution in [0.15, 0.2) is 35.3 Å². The molecule has 24 heavy (non-hydrogen) atoms. The highest BCUT2D eigenvalue weighted by atomic mass is 79.9. The second-order valence-corrected chi connectivity index (χ2v) is 6.95. The molecule has 2 N–H and O–H groups in total. The number of nitrogens with zero attached hydrogens (tertiary/aromatic N) is 1. The van der Waals surface area contributed by atoms with E-state index < -0.39 is 5.41 Å². The Bertz CT molecular complexity index is 734. The van der Waals surface area contributed by atoms with Crippen molar-refractivity contribution in [1.29, 1.82) is 0 Å². The molecule has 1 saturated heterocycles. The van der Waals surface area contributed by atoms with E-state index in [1.165, 1.54) is 6.08 Å². The molecule has 3 amide bonds. The summed E-state index contributed by atoms with van der Waals surface area (Å²) in [5, 5.41) is 5.51. The number of fused-ring (bicyclic) bond motifs is 2. The Morgan fingerprint density at radius 3 is 3.00 bits per heavy atom. The summed E-state index contributed by atoms with van der Waals surface area (Å²) >= 11 is 3.41. The summed E-state index contributed by atoms with van der Waals surface area (Å²) in [6, 6.07) is 5.74. The smallest absolute Gasteiger partial charge is 0.243 e. The van der Waals surface area contributed by atoms with Gasteiger partial charge in [-0.15, -0.1) is 0 Å². The van der Waals surface area contributed by atoms with Crippen LogP contribution in [0.3, 0.4) is 0 Å². The van der Waals surface area contributed by atoms with Crippen LogP contribution >= 0.6 is 15.9 Å². The quantitative estimate of drug-likeness (QED) is 0.764. The van der Waals surface area contributed by atoms with E-state index in [1.807, 2.05) is 18.2 Å². The average Bonchev–Trinajstić information content (AvgIpc) is 3.11. The van der Waals surface area contributed by atoms with Gasteiger partial charge in [-0.05, 0) is 30.2 Å². The van der Waals surface area contributed by atoms with Crippen molar-refractivity contribution in [2.75, 3.05) is 25.0 Å². The number of amides is 3. The molecule has 1 aromatic rings. The number of carbonyl (C=O) groups is 3. The van der Waals surface area contributed by atoms with Gasteiger partial charge in [0.1, 0.15) is 0 Å². The van der Waals surface area contributed by atoms with Gasteiger partial charge >= 0.3 is 0 Å². The lowest BCUT2D eigenvalue weighted by Gasteiger charge is -2.22. The summed E-state index contributed by atoms with van der Waals surface area (Å²) in [6.07, 6.45) is 2.00. The maximum absolute atomic E-state index is 12.5. The minimum Gasteiger partial charge on any atom is -0.352 e. The Morgan fingerprint density at radius 2 is 2.25 bits per heavy atom. The van der Waals surface area contributed by atoms with Crippen LogP contribution in [-0.4, -0.2) is 42.3 Å². The molecule has 126 valence electrons. The molecule has 0 aromatic heterocycles. The zero-order valence-corrected chi connectivity index (χ0v) is 14.7. The van der Waals surface area contributed by atoms with Crippen molar-refractivity contribution in [2.45, 2.75) is 18.3 Å². The molecule has 6 nitrogen and oxygen atoms in total. The van der Waals surface area contributed by atoms with Gasteiger partial charge in [0, 0.05) is 36.2 Å². The van der Waals surface area contributed by atoms with Crippen LogP contribution < -0.4 is 10.6 Å². The molecule has 1 aromatic carbocycles. The van der Waals surface area contributed by atoms with Gasteiger partial charge in [-0.25, -0.2) is 0 Å². The molecular formula is C17H18BrN3O3. The fourth-order valence-electron chi connectivity index (χ4n) is 3.35. The summed E-state index contributed by atoms with van der Waals surface area (Å²) in [7, 11) is 0. The predicted octanol–water partition coefficient (Wildman–Crippen LogP) is 1.56. The Morgan fingerprint density at radius 1 is 1.46 bits per heavy atom. The summed E-state index contributed by atoms with van der Waals surface area (Å²) in [5.74, 6) is -0.407. The van der Waals surface area contributed by atoms with Crippen LogP contribution in [0.2, 0.25) is 0 Å². The number of likely N-dealkylation sites (tertiary alicyclic amines) is 1. The van der Waals surface area contributed by atoms with E-state index in [4.69, 9.17) is 0 Å². The van der Waals surface area contributed by atoms with Crippen molar-refractivity contribution >= 4 is 39.3 Å². The monoisotopic (exact) mass is 391 g/mol. The number of hydrogen-bond donors (Lipinski definition) is 2. The number of halogens is 1. The van der Waals surface area contributed by atoms with Crippen LogP contribution in [-0.2, 0) is 19.8 Å². The van der Waals surface area contributed by atoms with Crippen LogP contribution in [0, 0.1) is 0 Å². The van der Waals surface area contributed by atoms with Crippen molar-refractivity contribution in [1.82, 2.24) is 10.2 Å². The standard InChI is InChI=1S/C17H18BrN3O3/c1-2-14(22)19-7-5-15(23)21-8-6-17(10-21)12-4-3-11(18)9-13(12)20-16(17)24/h2-4,9H,1,5-8,10H2,(H,19,22)(H,20,24). The third-order valence-corrected chi connectivity index (χ3v) is 5.12. The normalized spacial score (nSPS) is 21.5. The van der Waals surface area contributed by atoms with E-state index in [-0.39, 0.29) is 30.7 Å². The maximum atomic E-state index is 12.5. The van der Waals surface area contributed by atoms with Crippen LogP contribution in [0.4, 0.5) is 5.69 Å². The molecule has 7 heteroatoms. The lowest BCUT2D eigenvalue weighted by molar-refractivity contribution is -0.130. The van der Waals surface area contributed by atoms with E-state index in [2.05, 4.69) is 33.1 Å². The highest BCUT2D eigenvalue weighted by Crippen LogP contribution is 2.45. The molecule has 0 bridgehead atoms. The number of benzene rings is 1. The van der Waals surface area contributed by atoms with Gasteiger partial charge in [0.2, 0.25) is 17.7 Å². The molecule has 1 spiro atoms. The van der Waals surface area contributed by atoms with Gasteiger partial charge in [-0.2, -0.15) is 0 Å². The molecule has 1 atom stereocenters. The third-order valence-electron chi connectivity index (χ3n) is 4.63. The zero-order valence-electron chi connectivity index (χ0n) is 13.1. The van der Waals surface area contributed by atoms with Gasteiger partial charge in [-0.1, -0.05) is 28.6 Å². The minimum absolute atomic E-state index is 0.0501. The number of anilines is 1. The maximum Gasteiger partial charge on any atom is 0.243 e. The molecule has 0 radical (unpaired) electrons. The van der Waals surface area contributed by atoms with Crippen molar-refractivity contribution in [3.63, 3.8) is 0 Å². The lowest BCUT2D eigenvalue weighted by atomic mass is 9.81. The Balaban J connectivity index is 1.69. The molecule has 2 heterocycles. The van der Waals surface area contributed by atoms with Crippen molar-refractivity contribution in [3.05, 3.63) is 40.9 Å². The lowest BCUT2D eigenvalue weighted by Crippen LogP contribution is -2.40. The van der Waals surface area contributed by atoms with Gasteiger partial charge in [0.15, 0.2) is 0 Å². The van der Waals surface area contributed by atoms with E-state index in [0.29, 0.717) is 19.5 Å². The first kappa shape index (κ1) is 16.7. The van der Waals surface area contributed by atoms with Crippen molar-refractivity contribution in [2.24, 2.45) is 0 Å². The Kier molecular flexibility index (Phi) is 4.45. The highest BCUT2D eigenvalue weighted by molar-refractivity contribution is 9.10. The van der Waals surface area contributed by atoms with E-state index >= 15 is 0 Å². The van der Waals surface area contributed by atoms with E-state index in [9.17, 15) is 14.4 Å². The number of rotatable bonds is 4. The number of hydrogen-bond acceptors (Lipinski definition) is 3. The number of carbonyl (C=O) groups excluding carboxylic acids is 3. The SMILES string of the molecule is C=CC(=O)NCCC(=O)N1CCC2(C1)C(=O)Nc1cc(Br)ccc12. The highest BCUT2D eigenvalue weighted by Gasteiger charge is 2.51. The van der Waals surface area contributed by atoms with Gasteiger partial charge in [0.25, 0.3) is 0 Å². The zero-order chi connectivity index (χ0) is 17.3. The molecule has 1 fully saturated rings. The second-order valence-electron chi connectivity index (χ2n) is 6.04. The fourth-order valence-corrected chi connectivity index (χ4v) is 3.71. The van der Waals surface area contributed by atoms with Crippen LogP contribution in [0.1, 0.15) is 18.4 Å². The summed E-state index contributed by atoms with van der Waals surface area (Å²) in [5.41, 5.74) is 1.10. The van der Waals surface area contributed by atoms with E-state index in [0.717, 1.165) is 15.7 Å². The van der Waals surface area contributed by atoms with Gasteiger partial charge in [-0.3, -0.25) is 14.4 Å². The summed E-state index contributed by atoms with van der Waals surface area (Å²) in [6.45, 7) is 4.55. The first-order valence-corrected chi connectivity index (χ1v) is 8.55. The van der Waals surface area contributed by atoms with Gasteiger partial charge in [0.05, 0.1) is 5.41 Å². The van der Waals surface area contributed by atoms with Gasteiger partial charge < -0.3 is 15.5 Å². The molecule has 0 saturated carbocycles. The number of nitrogens with one attached hydrogen (secondary N) is 2. The third kappa shape index (κ3) is 2.84. The fraction of sp³-hybridized carbons (Fsp3) is 0.353. The Labute approximate surface area is 148 Å².